The third kappa shape index (κ3) is 2.67. The van der Waals surface area contributed by atoms with Crippen LogP contribution in [-0.4, -0.2) is 34.7 Å². The second kappa shape index (κ2) is 5.11. The van der Waals surface area contributed by atoms with Crippen LogP contribution in [0.25, 0.3) is 0 Å². The highest BCUT2D eigenvalue weighted by Gasteiger charge is 2.32. The minimum absolute atomic E-state index is 0.0246. The second-order valence-corrected chi connectivity index (χ2v) is 5.18. The lowest BCUT2D eigenvalue weighted by Gasteiger charge is -2.41. The topological polar surface area (TPSA) is 54.2 Å². The molecule has 19 heavy (non-hydrogen) atoms. The van der Waals surface area contributed by atoms with E-state index in [4.69, 9.17) is 4.52 Å². The van der Waals surface area contributed by atoms with Crippen molar-refractivity contribution >= 4 is 0 Å². The van der Waals surface area contributed by atoms with Gasteiger partial charge in [-0.2, -0.15) is 4.98 Å². The fourth-order valence-corrected chi connectivity index (χ4v) is 2.67. The van der Waals surface area contributed by atoms with Gasteiger partial charge >= 0.3 is 0 Å². The summed E-state index contributed by atoms with van der Waals surface area (Å²) in [5.74, 6) is 0.748. The van der Waals surface area contributed by atoms with E-state index in [-0.39, 0.29) is 5.54 Å². The molecule has 1 atom stereocenters. The van der Waals surface area contributed by atoms with Crippen LogP contribution >= 0.6 is 0 Å². The van der Waals surface area contributed by atoms with Crippen LogP contribution in [0.3, 0.4) is 0 Å². The Morgan fingerprint density at radius 1 is 1.37 bits per heavy atom. The molecule has 3 rings (SSSR count). The lowest BCUT2D eigenvalue weighted by Crippen LogP contribution is -2.56. The first kappa shape index (κ1) is 12.3. The minimum atomic E-state index is -0.0246. The summed E-state index contributed by atoms with van der Waals surface area (Å²) in [4.78, 5) is 6.45. The number of hydrogen-bond acceptors (Lipinski definition) is 5. The monoisotopic (exact) mass is 258 g/mol. The first-order valence-electron chi connectivity index (χ1n) is 6.54. The van der Waals surface area contributed by atoms with Crippen molar-refractivity contribution in [3.8, 4) is 0 Å². The molecule has 1 fully saturated rings. The van der Waals surface area contributed by atoms with Gasteiger partial charge in [-0.1, -0.05) is 35.5 Å². The average Bonchev–Trinajstić information content (AvgIpc) is 2.93. The molecule has 1 aliphatic heterocycles. The van der Waals surface area contributed by atoms with Crippen molar-refractivity contribution in [3.05, 3.63) is 48.1 Å². The standard InChI is InChI=1S/C14H18N4O/c1-14(12-5-3-2-4-6-12)10-18(8-7-16-14)9-13-15-11-19-17-13/h2-6,11,16H,7-10H2,1H3. The van der Waals surface area contributed by atoms with Crippen LogP contribution < -0.4 is 5.32 Å². The molecular formula is C14H18N4O. The smallest absolute Gasteiger partial charge is 0.213 e. The van der Waals surface area contributed by atoms with E-state index in [0.29, 0.717) is 0 Å². The van der Waals surface area contributed by atoms with Crippen LogP contribution in [0.5, 0.6) is 0 Å². The molecule has 1 aromatic carbocycles. The molecule has 5 heteroatoms. The van der Waals surface area contributed by atoms with Gasteiger partial charge in [-0.25, -0.2) is 0 Å². The Morgan fingerprint density at radius 3 is 2.95 bits per heavy atom. The van der Waals surface area contributed by atoms with Gasteiger partial charge in [0.1, 0.15) is 0 Å². The summed E-state index contributed by atoms with van der Waals surface area (Å²) in [6, 6.07) is 10.6. The van der Waals surface area contributed by atoms with Crippen molar-refractivity contribution in [1.82, 2.24) is 20.4 Å². The van der Waals surface area contributed by atoms with Crippen LogP contribution in [0.2, 0.25) is 0 Å². The lowest BCUT2D eigenvalue weighted by atomic mass is 9.89. The maximum absolute atomic E-state index is 4.79. The Labute approximate surface area is 112 Å². The van der Waals surface area contributed by atoms with Gasteiger partial charge in [0, 0.05) is 19.6 Å². The second-order valence-electron chi connectivity index (χ2n) is 5.18. The number of hydrogen-bond donors (Lipinski definition) is 1. The zero-order chi connectivity index (χ0) is 13.1. The zero-order valence-electron chi connectivity index (χ0n) is 11.0. The average molecular weight is 258 g/mol. The van der Waals surface area contributed by atoms with E-state index < -0.39 is 0 Å². The van der Waals surface area contributed by atoms with Crippen molar-refractivity contribution in [1.29, 1.82) is 0 Å². The molecule has 100 valence electrons. The fraction of sp³-hybridized carbons (Fsp3) is 0.429. The van der Waals surface area contributed by atoms with Crippen LogP contribution in [0.4, 0.5) is 0 Å². The summed E-state index contributed by atoms with van der Waals surface area (Å²) < 4.78 is 4.79. The minimum Gasteiger partial charge on any atom is -0.343 e. The van der Waals surface area contributed by atoms with E-state index in [1.54, 1.807) is 0 Å². The lowest BCUT2D eigenvalue weighted by molar-refractivity contribution is 0.132. The van der Waals surface area contributed by atoms with Gasteiger partial charge in [-0.3, -0.25) is 4.90 Å². The molecule has 1 aliphatic rings. The van der Waals surface area contributed by atoms with Gasteiger partial charge in [0.2, 0.25) is 6.39 Å². The largest absolute Gasteiger partial charge is 0.343 e. The van der Waals surface area contributed by atoms with E-state index in [1.807, 2.05) is 6.07 Å². The van der Waals surface area contributed by atoms with Crippen molar-refractivity contribution in [2.75, 3.05) is 19.6 Å². The summed E-state index contributed by atoms with van der Waals surface area (Å²) in [5.41, 5.74) is 1.29. The van der Waals surface area contributed by atoms with Gasteiger partial charge in [-0.15, -0.1) is 0 Å². The highest BCUT2D eigenvalue weighted by Crippen LogP contribution is 2.24. The van der Waals surface area contributed by atoms with E-state index in [1.165, 1.54) is 12.0 Å². The van der Waals surface area contributed by atoms with Crippen LogP contribution in [0.15, 0.2) is 41.2 Å². The van der Waals surface area contributed by atoms with Crippen LogP contribution in [0.1, 0.15) is 18.3 Å². The Balaban J connectivity index is 1.74. The van der Waals surface area contributed by atoms with Gasteiger partial charge < -0.3 is 9.84 Å². The molecule has 1 saturated heterocycles. The number of rotatable bonds is 3. The molecule has 0 saturated carbocycles. The molecule has 0 radical (unpaired) electrons. The summed E-state index contributed by atoms with van der Waals surface area (Å²) in [5, 5.41) is 7.50. The van der Waals surface area contributed by atoms with Gasteiger partial charge in [0.25, 0.3) is 0 Å². The number of aromatic nitrogens is 2. The third-order valence-corrected chi connectivity index (χ3v) is 3.67. The summed E-state index contributed by atoms with van der Waals surface area (Å²) in [6.45, 7) is 5.87. The quantitative estimate of drug-likeness (QED) is 0.901. The highest BCUT2D eigenvalue weighted by molar-refractivity contribution is 5.24. The SMILES string of the molecule is CC1(c2ccccc2)CN(Cc2ncon2)CCN1. The van der Waals surface area contributed by atoms with Crippen LogP contribution in [0, 0.1) is 0 Å². The summed E-state index contributed by atoms with van der Waals surface area (Å²) in [6.07, 6.45) is 1.38. The highest BCUT2D eigenvalue weighted by atomic mass is 16.5. The molecule has 5 nitrogen and oxygen atoms in total. The number of benzene rings is 1. The number of nitrogens with zero attached hydrogens (tertiary/aromatic N) is 3. The van der Waals surface area contributed by atoms with Crippen molar-refractivity contribution in [3.63, 3.8) is 0 Å². The Hall–Kier alpha value is -1.72. The van der Waals surface area contributed by atoms with E-state index in [0.717, 1.165) is 32.0 Å². The molecular weight excluding hydrogens is 240 g/mol. The summed E-state index contributed by atoms with van der Waals surface area (Å²) in [7, 11) is 0. The number of piperazine rings is 1. The first-order chi connectivity index (χ1) is 9.26. The van der Waals surface area contributed by atoms with Crippen LogP contribution in [-0.2, 0) is 12.1 Å². The molecule has 2 heterocycles. The van der Waals surface area contributed by atoms with E-state index in [2.05, 4.69) is 51.5 Å². The predicted octanol–water partition coefficient (Wildman–Crippen LogP) is 1.39. The van der Waals surface area contributed by atoms with Gasteiger partial charge in [-0.05, 0) is 12.5 Å². The molecule has 0 amide bonds. The summed E-state index contributed by atoms with van der Waals surface area (Å²) >= 11 is 0. The Morgan fingerprint density at radius 2 is 2.21 bits per heavy atom. The van der Waals surface area contributed by atoms with Crippen molar-refractivity contribution in [2.45, 2.75) is 19.0 Å². The van der Waals surface area contributed by atoms with Crippen molar-refractivity contribution in [2.24, 2.45) is 0 Å². The molecule has 0 spiro atoms. The van der Waals surface area contributed by atoms with E-state index >= 15 is 0 Å². The predicted molar refractivity (Wildman–Crippen MR) is 71.4 cm³/mol. The fourth-order valence-electron chi connectivity index (χ4n) is 2.67. The molecule has 0 bridgehead atoms. The maximum atomic E-state index is 4.79. The van der Waals surface area contributed by atoms with Gasteiger partial charge in [0.15, 0.2) is 5.82 Å². The molecule has 0 aliphatic carbocycles. The Bertz CT molecular complexity index is 514. The normalized spacial score (nSPS) is 24.5. The van der Waals surface area contributed by atoms with Gasteiger partial charge in [0.05, 0.1) is 12.1 Å². The van der Waals surface area contributed by atoms with Crippen molar-refractivity contribution < 1.29 is 4.52 Å². The molecule has 1 N–H and O–H groups in total. The number of nitrogens with one attached hydrogen (secondary N) is 1. The molecule has 1 unspecified atom stereocenters. The van der Waals surface area contributed by atoms with E-state index in [9.17, 15) is 0 Å². The third-order valence-electron chi connectivity index (χ3n) is 3.67. The zero-order valence-corrected chi connectivity index (χ0v) is 11.0. The Kier molecular flexibility index (Phi) is 3.31. The molecule has 2 aromatic rings. The first-order valence-corrected chi connectivity index (χ1v) is 6.54. The maximum Gasteiger partial charge on any atom is 0.213 e. The molecule has 1 aromatic heterocycles.